The molecule has 0 radical (unpaired) electrons. The molecule has 2 aliphatic heterocycles. The molecule has 242 valence electrons. The standard InChI is InChI=1S/C33H34Cl2FN5O5/c1-4-46-27-14-18(13-25(36)23(27)16-37-19-11-12-28(42)38-15-19)20-7-5-8-21(29(20)34)22-9-6-10-26(30(22)35)39-31(43)24-17-40(2)33(45)41(3)32(24)44/h5-10,13-14,19,24,37H,4,11-12,15-17H2,1-3H3,(H,38,42)(H,39,43)/t19-,24?/m0/s1. The molecule has 2 atom stereocenters. The van der Waals surface area contributed by atoms with Crippen LogP contribution in [0.25, 0.3) is 22.3 Å². The minimum Gasteiger partial charge on any atom is -0.493 e. The molecule has 2 fully saturated rings. The highest BCUT2D eigenvalue weighted by atomic mass is 35.5. The molecule has 2 heterocycles. The van der Waals surface area contributed by atoms with E-state index < -0.39 is 29.6 Å². The number of anilines is 1. The van der Waals surface area contributed by atoms with Crippen LogP contribution < -0.4 is 20.7 Å². The number of nitrogens with one attached hydrogen (secondary N) is 3. The van der Waals surface area contributed by atoms with E-state index in [1.165, 1.54) is 25.1 Å². The summed E-state index contributed by atoms with van der Waals surface area (Å²) in [6.07, 6.45) is 1.09. The second-order valence-corrected chi connectivity index (χ2v) is 12.0. The summed E-state index contributed by atoms with van der Waals surface area (Å²) in [5.74, 6) is -2.38. The second-order valence-electron chi connectivity index (χ2n) is 11.2. The molecule has 0 saturated carbocycles. The lowest BCUT2D eigenvalue weighted by molar-refractivity contribution is -0.140. The molecule has 5 rings (SSSR count). The van der Waals surface area contributed by atoms with E-state index in [2.05, 4.69) is 16.0 Å². The first-order valence-corrected chi connectivity index (χ1v) is 15.6. The molecule has 1 unspecified atom stereocenters. The first kappa shape index (κ1) is 33.2. The number of benzene rings is 3. The zero-order chi connectivity index (χ0) is 33.1. The molecule has 2 aliphatic rings. The third kappa shape index (κ3) is 6.81. The van der Waals surface area contributed by atoms with Crippen LogP contribution in [-0.2, 0) is 20.9 Å². The number of hydrogen-bond donors (Lipinski definition) is 3. The van der Waals surface area contributed by atoms with Crippen molar-refractivity contribution < 1.29 is 28.3 Å². The SMILES string of the molecule is CCOc1cc(-c2cccc(-c3cccc(NC(=O)C4CN(C)C(=O)N(C)C4=O)c3Cl)c2Cl)cc(F)c1CN[C@H]1CCC(=O)NC1. The molecule has 0 aliphatic carbocycles. The van der Waals surface area contributed by atoms with Gasteiger partial charge in [-0.15, -0.1) is 0 Å². The van der Waals surface area contributed by atoms with Crippen LogP contribution in [0.2, 0.25) is 10.0 Å². The Bertz CT molecular complexity index is 1690. The van der Waals surface area contributed by atoms with Crippen molar-refractivity contribution in [2.24, 2.45) is 5.92 Å². The minimum atomic E-state index is -1.10. The van der Waals surface area contributed by atoms with Gasteiger partial charge in [-0.05, 0) is 37.1 Å². The topological polar surface area (TPSA) is 120 Å². The Labute approximate surface area is 276 Å². The average molecular weight is 671 g/mol. The molecule has 3 N–H and O–H groups in total. The highest BCUT2D eigenvalue weighted by Gasteiger charge is 2.39. The maximum absolute atomic E-state index is 15.6. The largest absolute Gasteiger partial charge is 0.493 e. The van der Waals surface area contributed by atoms with Crippen molar-refractivity contribution in [1.82, 2.24) is 20.4 Å². The van der Waals surface area contributed by atoms with E-state index in [0.717, 1.165) is 4.90 Å². The number of rotatable bonds is 9. The van der Waals surface area contributed by atoms with Crippen LogP contribution in [0.4, 0.5) is 14.9 Å². The highest BCUT2D eigenvalue weighted by Crippen LogP contribution is 2.42. The molecule has 0 spiro atoms. The third-order valence-corrected chi connectivity index (χ3v) is 8.97. The lowest BCUT2D eigenvalue weighted by atomic mass is 9.96. The van der Waals surface area contributed by atoms with Gasteiger partial charge in [0.2, 0.25) is 17.7 Å². The lowest BCUT2D eigenvalue weighted by Crippen LogP contribution is -2.56. The van der Waals surface area contributed by atoms with E-state index in [1.807, 2.05) is 6.92 Å². The quantitative estimate of drug-likeness (QED) is 0.266. The van der Waals surface area contributed by atoms with Crippen molar-refractivity contribution >= 4 is 52.6 Å². The van der Waals surface area contributed by atoms with Crippen LogP contribution in [0.5, 0.6) is 5.75 Å². The minimum absolute atomic E-state index is 0.0104. The van der Waals surface area contributed by atoms with Crippen LogP contribution in [0, 0.1) is 11.7 Å². The molecule has 3 aromatic carbocycles. The van der Waals surface area contributed by atoms with E-state index in [0.29, 0.717) is 64.6 Å². The number of carbonyl (C=O) groups is 4. The first-order chi connectivity index (χ1) is 22.0. The number of carbonyl (C=O) groups excluding carboxylic acids is 4. The summed E-state index contributed by atoms with van der Waals surface area (Å²) >= 11 is 13.7. The Morgan fingerprint density at radius 3 is 2.43 bits per heavy atom. The number of halogens is 3. The van der Waals surface area contributed by atoms with Crippen LogP contribution in [0.3, 0.4) is 0 Å². The molecule has 0 aromatic heterocycles. The number of urea groups is 1. The summed E-state index contributed by atoms with van der Waals surface area (Å²) in [6.45, 7) is 2.78. The number of nitrogens with zero attached hydrogens (tertiary/aromatic N) is 2. The van der Waals surface area contributed by atoms with E-state index in [1.54, 1.807) is 42.5 Å². The molecule has 10 nitrogen and oxygen atoms in total. The van der Waals surface area contributed by atoms with E-state index >= 15 is 4.39 Å². The normalized spacial score (nSPS) is 18.4. The number of imide groups is 1. The smallest absolute Gasteiger partial charge is 0.326 e. The summed E-state index contributed by atoms with van der Waals surface area (Å²) in [4.78, 5) is 51.6. The van der Waals surface area contributed by atoms with Gasteiger partial charge >= 0.3 is 6.03 Å². The Hall–Kier alpha value is -4.19. The van der Waals surface area contributed by atoms with Crippen LogP contribution in [-0.4, -0.2) is 73.4 Å². The monoisotopic (exact) mass is 669 g/mol. The van der Waals surface area contributed by atoms with Gasteiger partial charge in [0.15, 0.2) is 0 Å². The molecule has 5 amide bonds. The van der Waals surface area contributed by atoms with Crippen molar-refractivity contribution in [3.8, 4) is 28.0 Å². The highest BCUT2D eigenvalue weighted by molar-refractivity contribution is 6.39. The van der Waals surface area contributed by atoms with Gasteiger partial charge in [0, 0.05) is 68.4 Å². The van der Waals surface area contributed by atoms with Gasteiger partial charge in [0.1, 0.15) is 17.5 Å². The Morgan fingerprint density at radius 2 is 1.74 bits per heavy atom. The first-order valence-electron chi connectivity index (χ1n) is 14.9. The van der Waals surface area contributed by atoms with Crippen LogP contribution in [0.15, 0.2) is 48.5 Å². The van der Waals surface area contributed by atoms with Gasteiger partial charge in [-0.2, -0.15) is 0 Å². The zero-order valence-corrected chi connectivity index (χ0v) is 27.1. The van der Waals surface area contributed by atoms with Crippen molar-refractivity contribution in [3.05, 3.63) is 70.0 Å². The van der Waals surface area contributed by atoms with Crippen LogP contribution in [0.1, 0.15) is 25.3 Å². The number of piperidine rings is 1. The van der Waals surface area contributed by atoms with Gasteiger partial charge in [-0.25, -0.2) is 9.18 Å². The summed E-state index contributed by atoms with van der Waals surface area (Å²) in [6, 6.07) is 13.0. The van der Waals surface area contributed by atoms with Crippen LogP contribution >= 0.6 is 23.2 Å². The maximum atomic E-state index is 15.6. The number of amides is 5. The van der Waals surface area contributed by atoms with Crippen molar-refractivity contribution in [3.63, 3.8) is 0 Å². The molecular weight excluding hydrogens is 636 g/mol. The predicted molar refractivity (Wildman–Crippen MR) is 174 cm³/mol. The van der Waals surface area contributed by atoms with E-state index in [9.17, 15) is 19.2 Å². The fraction of sp³-hybridized carbons (Fsp3) is 0.333. The Morgan fingerprint density at radius 1 is 1.04 bits per heavy atom. The third-order valence-electron chi connectivity index (χ3n) is 8.16. The number of ether oxygens (including phenoxy) is 1. The summed E-state index contributed by atoms with van der Waals surface area (Å²) in [5, 5.41) is 9.35. The van der Waals surface area contributed by atoms with E-state index in [4.69, 9.17) is 27.9 Å². The lowest BCUT2D eigenvalue weighted by Gasteiger charge is -2.33. The summed E-state index contributed by atoms with van der Waals surface area (Å²) in [5.41, 5.74) is 2.74. The van der Waals surface area contributed by atoms with Gasteiger partial charge in [-0.3, -0.25) is 19.3 Å². The van der Waals surface area contributed by atoms with Gasteiger partial charge < -0.3 is 25.6 Å². The van der Waals surface area contributed by atoms with Crippen molar-refractivity contribution in [2.45, 2.75) is 32.4 Å². The molecular formula is C33H34Cl2FN5O5. The molecule has 46 heavy (non-hydrogen) atoms. The molecule has 3 aromatic rings. The van der Waals surface area contributed by atoms with E-state index in [-0.39, 0.29) is 35.7 Å². The van der Waals surface area contributed by atoms with Crippen molar-refractivity contribution in [2.75, 3.05) is 39.1 Å². The fourth-order valence-corrected chi connectivity index (χ4v) is 6.22. The Kier molecular flexibility index (Phi) is 10.1. The zero-order valence-electron chi connectivity index (χ0n) is 25.6. The van der Waals surface area contributed by atoms with Crippen molar-refractivity contribution in [1.29, 1.82) is 0 Å². The van der Waals surface area contributed by atoms with Gasteiger partial charge in [-0.1, -0.05) is 53.5 Å². The predicted octanol–water partition coefficient (Wildman–Crippen LogP) is 5.31. The molecule has 13 heteroatoms. The second kappa shape index (κ2) is 14.1. The molecule has 2 saturated heterocycles. The van der Waals surface area contributed by atoms with Gasteiger partial charge in [0.25, 0.3) is 0 Å². The fourth-order valence-electron chi connectivity index (χ4n) is 5.60. The Balaban J connectivity index is 1.41. The molecule has 0 bridgehead atoms. The van der Waals surface area contributed by atoms with Gasteiger partial charge in [0.05, 0.1) is 22.3 Å². The average Bonchev–Trinajstić information content (AvgIpc) is 3.03. The summed E-state index contributed by atoms with van der Waals surface area (Å²) < 4.78 is 21.5. The summed E-state index contributed by atoms with van der Waals surface area (Å²) in [7, 11) is 2.84. The number of hydrogen-bond acceptors (Lipinski definition) is 6. The maximum Gasteiger partial charge on any atom is 0.326 e.